The van der Waals surface area contributed by atoms with E-state index in [1.807, 2.05) is 18.2 Å². The number of nitrogens with one attached hydrogen (secondary N) is 2. The minimum absolute atomic E-state index is 0.135. The van der Waals surface area contributed by atoms with Gasteiger partial charge in [0.1, 0.15) is 0 Å². The highest BCUT2D eigenvalue weighted by molar-refractivity contribution is 6.32. The van der Waals surface area contributed by atoms with Gasteiger partial charge in [0.2, 0.25) is 0 Å². The summed E-state index contributed by atoms with van der Waals surface area (Å²) in [5.74, 6) is 0.0941. The SMILES string of the molecule is [C-]#[N+]CC(=O)NCc1cc2cc(Cl)c(C(C)C)cc2[nH]1. The summed E-state index contributed by atoms with van der Waals surface area (Å²) >= 11 is 6.26. The molecule has 2 N–H and O–H groups in total. The quantitative estimate of drug-likeness (QED) is 0.832. The molecule has 0 saturated carbocycles. The third-order valence-corrected chi connectivity index (χ3v) is 3.44. The first kappa shape index (κ1) is 14.4. The molecular weight excluding hydrogens is 274 g/mol. The summed E-state index contributed by atoms with van der Waals surface area (Å²) in [4.78, 5) is 17.6. The number of aromatic nitrogens is 1. The number of carbonyl (C=O) groups is 1. The number of benzene rings is 1. The van der Waals surface area contributed by atoms with Gasteiger partial charge in [0.05, 0.1) is 6.54 Å². The van der Waals surface area contributed by atoms with Crippen molar-refractivity contribution < 1.29 is 4.79 Å². The molecule has 0 fully saturated rings. The Kier molecular flexibility index (Phi) is 4.31. The predicted molar refractivity (Wildman–Crippen MR) is 80.7 cm³/mol. The van der Waals surface area contributed by atoms with Gasteiger partial charge in [0.25, 0.3) is 6.54 Å². The van der Waals surface area contributed by atoms with Crippen LogP contribution < -0.4 is 5.32 Å². The molecule has 2 rings (SSSR count). The Labute approximate surface area is 122 Å². The second-order valence-corrected chi connectivity index (χ2v) is 5.41. The molecule has 1 aromatic carbocycles. The van der Waals surface area contributed by atoms with Crippen LogP contribution in [0.2, 0.25) is 5.02 Å². The van der Waals surface area contributed by atoms with E-state index in [-0.39, 0.29) is 12.5 Å². The van der Waals surface area contributed by atoms with Gasteiger partial charge in [0, 0.05) is 21.6 Å². The Morgan fingerprint density at radius 2 is 2.20 bits per heavy atom. The van der Waals surface area contributed by atoms with Crippen molar-refractivity contribution in [2.24, 2.45) is 0 Å². The lowest BCUT2D eigenvalue weighted by atomic mass is 10.0. The van der Waals surface area contributed by atoms with Crippen LogP contribution in [0, 0.1) is 6.57 Å². The van der Waals surface area contributed by atoms with Crippen molar-refractivity contribution >= 4 is 28.4 Å². The number of carbonyl (C=O) groups excluding carboxylic acids is 1. The minimum Gasteiger partial charge on any atom is -0.357 e. The molecule has 104 valence electrons. The van der Waals surface area contributed by atoms with Gasteiger partial charge in [-0.2, -0.15) is 0 Å². The van der Waals surface area contributed by atoms with Gasteiger partial charge in [-0.3, -0.25) is 4.79 Å². The van der Waals surface area contributed by atoms with Crippen LogP contribution in [0.1, 0.15) is 31.0 Å². The van der Waals surface area contributed by atoms with E-state index in [9.17, 15) is 4.79 Å². The van der Waals surface area contributed by atoms with Crippen LogP contribution >= 0.6 is 11.6 Å². The summed E-state index contributed by atoms with van der Waals surface area (Å²) in [7, 11) is 0. The molecule has 2 aromatic rings. The summed E-state index contributed by atoms with van der Waals surface area (Å²) in [5.41, 5.74) is 3.01. The number of hydrogen-bond acceptors (Lipinski definition) is 1. The first-order valence-electron chi connectivity index (χ1n) is 6.42. The average Bonchev–Trinajstić information content (AvgIpc) is 2.77. The number of halogens is 1. The molecule has 0 saturated heterocycles. The van der Waals surface area contributed by atoms with Crippen LogP contribution in [0.3, 0.4) is 0 Å². The zero-order chi connectivity index (χ0) is 14.7. The van der Waals surface area contributed by atoms with E-state index in [4.69, 9.17) is 18.2 Å². The fraction of sp³-hybridized carbons (Fsp3) is 0.333. The number of rotatable bonds is 4. The van der Waals surface area contributed by atoms with Crippen LogP contribution in [-0.4, -0.2) is 17.4 Å². The Morgan fingerprint density at radius 3 is 2.85 bits per heavy atom. The maximum Gasteiger partial charge on any atom is 0.300 e. The smallest absolute Gasteiger partial charge is 0.300 e. The maximum absolute atomic E-state index is 11.3. The first-order chi connectivity index (χ1) is 9.51. The highest BCUT2D eigenvalue weighted by Crippen LogP contribution is 2.29. The molecule has 0 bridgehead atoms. The van der Waals surface area contributed by atoms with Crippen molar-refractivity contribution in [2.75, 3.05) is 6.54 Å². The van der Waals surface area contributed by atoms with Crippen molar-refractivity contribution in [3.8, 4) is 0 Å². The molecular formula is C15H16ClN3O. The molecule has 5 heteroatoms. The standard InChI is InChI=1S/C15H16ClN3O/c1-9(2)12-6-14-10(5-13(12)16)4-11(19-14)7-18-15(20)8-17-3/h4-6,9,19H,7-8H2,1-2H3,(H,18,20). The molecule has 1 amide bonds. The van der Waals surface area contributed by atoms with Crippen LogP contribution in [0.15, 0.2) is 18.2 Å². The number of hydrogen-bond donors (Lipinski definition) is 2. The molecule has 0 unspecified atom stereocenters. The van der Waals surface area contributed by atoms with Crippen molar-refractivity contribution in [1.82, 2.24) is 10.3 Å². The molecule has 4 nitrogen and oxygen atoms in total. The normalized spacial score (nSPS) is 10.8. The highest BCUT2D eigenvalue weighted by atomic mass is 35.5. The third-order valence-electron chi connectivity index (χ3n) is 3.11. The molecule has 0 spiro atoms. The van der Waals surface area contributed by atoms with E-state index in [2.05, 4.69) is 29.0 Å². The van der Waals surface area contributed by atoms with Gasteiger partial charge in [-0.15, -0.1) is 0 Å². The lowest BCUT2D eigenvalue weighted by Gasteiger charge is -2.07. The van der Waals surface area contributed by atoms with Gasteiger partial charge in [0.15, 0.2) is 0 Å². The molecule has 0 radical (unpaired) electrons. The van der Waals surface area contributed by atoms with E-state index in [0.29, 0.717) is 12.5 Å². The largest absolute Gasteiger partial charge is 0.357 e. The number of amides is 1. The van der Waals surface area contributed by atoms with Crippen LogP contribution in [0.4, 0.5) is 0 Å². The summed E-state index contributed by atoms with van der Waals surface area (Å²) in [6.45, 7) is 11.1. The second-order valence-electron chi connectivity index (χ2n) is 5.00. The topological polar surface area (TPSA) is 49.2 Å². The van der Waals surface area contributed by atoms with E-state index in [1.165, 1.54) is 0 Å². The lowest BCUT2D eigenvalue weighted by molar-refractivity contribution is -0.119. The van der Waals surface area contributed by atoms with E-state index >= 15 is 0 Å². The fourth-order valence-corrected chi connectivity index (χ4v) is 2.48. The zero-order valence-corrected chi connectivity index (χ0v) is 12.2. The van der Waals surface area contributed by atoms with E-state index in [1.54, 1.807) is 0 Å². The van der Waals surface area contributed by atoms with Crippen molar-refractivity contribution in [3.63, 3.8) is 0 Å². The van der Waals surface area contributed by atoms with Gasteiger partial charge in [-0.25, -0.2) is 6.57 Å². The Balaban J connectivity index is 2.21. The number of fused-ring (bicyclic) bond motifs is 1. The molecule has 20 heavy (non-hydrogen) atoms. The number of aromatic amines is 1. The average molecular weight is 290 g/mol. The van der Waals surface area contributed by atoms with Crippen LogP contribution in [-0.2, 0) is 11.3 Å². The zero-order valence-electron chi connectivity index (χ0n) is 11.5. The predicted octanol–water partition coefficient (Wildman–Crippen LogP) is 3.48. The minimum atomic E-state index is -0.264. The second kappa shape index (κ2) is 5.98. The fourth-order valence-electron chi connectivity index (χ4n) is 2.09. The molecule has 0 aliphatic carbocycles. The molecule has 0 atom stereocenters. The monoisotopic (exact) mass is 289 g/mol. The molecule has 1 heterocycles. The Bertz CT molecular complexity index is 682. The van der Waals surface area contributed by atoms with Gasteiger partial charge in [-0.1, -0.05) is 25.4 Å². The van der Waals surface area contributed by atoms with Crippen molar-refractivity contribution in [2.45, 2.75) is 26.3 Å². The third kappa shape index (κ3) is 3.12. The molecule has 0 aliphatic rings. The summed E-state index contributed by atoms with van der Waals surface area (Å²) < 4.78 is 0. The Morgan fingerprint density at radius 1 is 1.45 bits per heavy atom. The summed E-state index contributed by atoms with van der Waals surface area (Å²) in [6, 6.07) is 5.95. The highest BCUT2D eigenvalue weighted by Gasteiger charge is 2.10. The lowest BCUT2D eigenvalue weighted by Crippen LogP contribution is -2.24. The van der Waals surface area contributed by atoms with Crippen molar-refractivity contribution in [3.05, 3.63) is 45.9 Å². The summed E-state index contributed by atoms with van der Waals surface area (Å²) in [5, 5.41) is 4.48. The van der Waals surface area contributed by atoms with E-state index < -0.39 is 0 Å². The van der Waals surface area contributed by atoms with E-state index in [0.717, 1.165) is 27.2 Å². The summed E-state index contributed by atoms with van der Waals surface area (Å²) in [6.07, 6.45) is 0. The Hall–Kier alpha value is -1.99. The molecule has 1 aromatic heterocycles. The van der Waals surface area contributed by atoms with Crippen LogP contribution in [0.5, 0.6) is 0 Å². The van der Waals surface area contributed by atoms with Gasteiger partial charge >= 0.3 is 5.91 Å². The van der Waals surface area contributed by atoms with Crippen LogP contribution in [0.25, 0.3) is 15.7 Å². The van der Waals surface area contributed by atoms with Crippen molar-refractivity contribution in [1.29, 1.82) is 0 Å². The first-order valence-corrected chi connectivity index (χ1v) is 6.80. The maximum atomic E-state index is 11.3. The van der Waals surface area contributed by atoms with Gasteiger partial charge in [-0.05, 0) is 29.7 Å². The number of nitrogens with zero attached hydrogens (tertiary/aromatic N) is 1. The number of H-pyrrole nitrogens is 1. The molecule has 0 aliphatic heterocycles. The van der Waals surface area contributed by atoms with Gasteiger partial charge < -0.3 is 15.1 Å².